The Morgan fingerprint density at radius 2 is 1.36 bits per heavy atom. The minimum Gasteiger partial charge on any atom is -0.550 e. The molecule has 0 bridgehead atoms. The third kappa shape index (κ3) is 6.82. The number of benzene rings is 4. The summed E-state index contributed by atoms with van der Waals surface area (Å²) >= 11 is 0. The molecule has 0 fully saturated rings. The van der Waals surface area contributed by atoms with Crippen molar-refractivity contribution in [3.63, 3.8) is 0 Å². The normalized spacial score (nSPS) is 10.3. The predicted molar refractivity (Wildman–Crippen MR) is 126 cm³/mol. The Kier molecular flexibility index (Phi) is 9.32. The standard InChI is InChI=1S/C29H26O3.Na/c30-29(31)19-9-13-23-12-4-5-16-26(23)24-14-8-15-25(20-24)27-17-6-7-18-28(27)32-21-22-10-2-1-3-11-22;/h1-8,10-12,14-18,20H,9,13,19,21H2,(H,30,31);/q;+1/p-1. The number of ether oxygens (including phenoxy) is 1. The van der Waals surface area contributed by atoms with Crippen molar-refractivity contribution in [2.45, 2.75) is 25.9 Å². The van der Waals surface area contributed by atoms with Crippen molar-refractivity contribution in [1.29, 1.82) is 0 Å². The number of para-hydroxylation sites is 1. The number of aliphatic carboxylic acids is 1. The van der Waals surface area contributed by atoms with Gasteiger partial charge in [-0.05, 0) is 59.2 Å². The van der Waals surface area contributed by atoms with Crippen LogP contribution in [-0.4, -0.2) is 5.97 Å². The molecule has 3 nitrogen and oxygen atoms in total. The fourth-order valence-corrected chi connectivity index (χ4v) is 3.86. The van der Waals surface area contributed by atoms with E-state index in [4.69, 9.17) is 4.74 Å². The first-order chi connectivity index (χ1) is 15.7. The zero-order valence-corrected chi connectivity index (χ0v) is 20.9. The van der Waals surface area contributed by atoms with Crippen LogP contribution < -0.4 is 39.4 Å². The summed E-state index contributed by atoms with van der Waals surface area (Å²) in [6.45, 7) is 0.513. The number of carbonyl (C=O) groups excluding carboxylic acids is 1. The molecule has 0 atom stereocenters. The van der Waals surface area contributed by atoms with Crippen LogP contribution in [-0.2, 0) is 17.8 Å². The number of rotatable bonds is 9. The van der Waals surface area contributed by atoms with Crippen LogP contribution in [0.1, 0.15) is 24.0 Å². The third-order valence-electron chi connectivity index (χ3n) is 5.45. The number of carboxylic acid groups (broad SMARTS) is 1. The number of carboxylic acids is 1. The summed E-state index contributed by atoms with van der Waals surface area (Å²) in [6, 6.07) is 34.8. The summed E-state index contributed by atoms with van der Waals surface area (Å²) in [4.78, 5) is 10.8. The third-order valence-corrected chi connectivity index (χ3v) is 5.45. The smallest absolute Gasteiger partial charge is 0.550 e. The zero-order valence-electron chi connectivity index (χ0n) is 18.9. The molecule has 4 aromatic rings. The van der Waals surface area contributed by atoms with E-state index in [0.717, 1.165) is 39.1 Å². The molecule has 0 aliphatic rings. The molecule has 0 unspecified atom stereocenters. The molecule has 4 aromatic carbocycles. The van der Waals surface area contributed by atoms with E-state index in [-0.39, 0.29) is 36.0 Å². The summed E-state index contributed by atoms with van der Waals surface area (Å²) in [5, 5.41) is 10.8. The van der Waals surface area contributed by atoms with E-state index in [9.17, 15) is 9.90 Å². The molecular formula is C29H25NaO3. The van der Waals surface area contributed by atoms with Crippen LogP contribution in [0.25, 0.3) is 22.3 Å². The van der Waals surface area contributed by atoms with Crippen LogP contribution in [0.5, 0.6) is 5.75 Å². The van der Waals surface area contributed by atoms with Crippen molar-refractivity contribution in [2.24, 2.45) is 0 Å². The molecular weight excluding hydrogens is 419 g/mol. The monoisotopic (exact) mass is 444 g/mol. The molecule has 4 heteroatoms. The second-order valence-corrected chi connectivity index (χ2v) is 7.73. The van der Waals surface area contributed by atoms with Crippen LogP contribution in [0, 0.1) is 0 Å². The second-order valence-electron chi connectivity index (χ2n) is 7.73. The molecule has 4 rings (SSSR count). The van der Waals surface area contributed by atoms with Crippen molar-refractivity contribution in [2.75, 3.05) is 0 Å². The fraction of sp³-hybridized carbons (Fsp3) is 0.138. The van der Waals surface area contributed by atoms with Crippen molar-refractivity contribution in [3.05, 3.63) is 114 Å². The summed E-state index contributed by atoms with van der Waals surface area (Å²) in [5.41, 5.74) is 6.61. The summed E-state index contributed by atoms with van der Waals surface area (Å²) < 4.78 is 6.16. The Balaban J connectivity index is 0.00000306. The van der Waals surface area contributed by atoms with Gasteiger partial charge in [0.2, 0.25) is 0 Å². The van der Waals surface area contributed by atoms with E-state index in [0.29, 0.717) is 19.4 Å². The van der Waals surface area contributed by atoms with E-state index < -0.39 is 5.97 Å². The van der Waals surface area contributed by atoms with Crippen LogP contribution in [0.15, 0.2) is 103 Å². The van der Waals surface area contributed by atoms with E-state index in [2.05, 4.69) is 54.6 Å². The van der Waals surface area contributed by atoms with Crippen LogP contribution in [0.2, 0.25) is 0 Å². The minimum absolute atomic E-state index is 0. The van der Waals surface area contributed by atoms with E-state index >= 15 is 0 Å². The molecule has 0 aliphatic heterocycles. The fourth-order valence-electron chi connectivity index (χ4n) is 3.86. The van der Waals surface area contributed by atoms with Gasteiger partial charge in [-0.3, -0.25) is 0 Å². The van der Waals surface area contributed by atoms with E-state index in [1.54, 1.807) is 0 Å². The quantitative estimate of drug-likeness (QED) is 0.373. The van der Waals surface area contributed by atoms with Gasteiger partial charge < -0.3 is 14.6 Å². The van der Waals surface area contributed by atoms with Crippen molar-refractivity contribution in [1.82, 2.24) is 0 Å². The molecule has 0 spiro atoms. The van der Waals surface area contributed by atoms with E-state index in [1.807, 2.05) is 48.5 Å². The minimum atomic E-state index is -1.00. The summed E-state index contributed by atoms with van der Waals surface area (Å²) in [5.74, 6) is -0.160. The first kappa shape index (κ1) is 24.8. The Morgan fingerprint density at radius 1 is 0.727 bits per heavy atom. The number of aryl methyl sites for hydroxylation is 1. The van der Waals surface area contributed by atoms with Crippen molar-refractivity contribution >= 4 is 5.97 Å². The summed E-state index contributed by atoms with van der Waals surface area (Å²) in [7, 11) is 0. The number of carbonyl (C=O) groups is 1. The first-order valence-electron chi connectivity index (χ1n) is 10.8. The Labute approximate surface area is 217 Å². The Bertz CT molecular complexity index is 1190. The maximum Gasteiger partial charge on any atom is 1.00 e. The average molecular weight is 445 g/mol. The average Bonchev–Trinajstić information content (AvgIpc) is 2.84. The molecule has 0 N–H and O–H groups in total. The number of hydrogen-bond acceptors (Lipinski definition) is 3. The molecule has 0 heterocycles. The first-order valence-corrected chi connectivity index (χ1v) is 10.8. The van der Waals surface area contributed by atoms with Gasteiger partial charge in [0, 0.05) is 11.5 Å². The van der Waals surface area contributed by atoms with Gasteiger partial charge in [-0.1, -0.05) is 91.0 Å². The van der Waals surface area contributed by atoms with Gasteiger partial charge in [0.1, 0.15) is 12.4 Å². The SMILES string of the molecule is O=C([O-])CCCc1ccccc1-c1cccc(-c2ccccc2OCc2ccccc2)c1.[Na+]. The molecule has 0 saturated heterocycles. The second kappa shape index (κ2) is 12.4. The molecule has 0 aliphatic carbocycles. The predicted octanol–water partition coefficient (Wildman–Crippen LogP) is 2.68. The van der Waals surface area contributed by atoms with Crippen molar-refractivity contribution < 1.29 is 44.2 Å². The van der Waals surface area contributed by atoms with Crippen molar-refractivity contribution in [3.8, 4) is 28.0 Å². The largest absolute Gasteiger partial charge is 1.00 e. The maximum atomic E-state index is 10.8. The molecule has 0 radical (unpaired) electrons. The maximum absolute atomic E-state index is 10.8. The van der Waals surface area contributed by atoms with Gasteiger partial charge in [0.15, 0.2) is 0 Å². The molecule has 0 amide bonds. The summed E-state index contributed by atoms with van der Waals surface area (Å²) in [6.07, 6.45) is 1.33. The van der Waals surface area contributed by atoms with Gasteiger partial charge in [-0.25, -0.2) is 0 Å². The van der Waals surface area contributed by atoms with Gasteiger partial charge in [0.25, 0.3) is 0 Å². The van der Waals surface area contributed by atoms with Gasteiger partial charge in [-0.15, -0.1) is 0 Å². The van der Waals surface area contributed by atoms with Crippen LogP contribution in [0.4, 0.5) is 0 Å². The Hall–Kier alpha value is -2.85. The topological polar surface area (TPSA) is 49.4 Å². The Morgan fingerprint density at radius 3 is 2.12 bits per heavy atom. The van der Waals surface area contributed by atoms with Crippen LogP contribution in [0.3, 0.4) is 0 Å². The van der Waals surface area contributed by atoms with E-state index in [1.165, 1.54) is 0 Å². The van der Waals surface area contributed by atoms with Crippen LogP contribution >= 0.6 is 0 Å². The van der Waals surface area contributed by atoms with Gasteiger partial charge in [-0.2, -0.15) is 0 Å². The molecule has 160 valence electrons. The molecule has 0 saturated carbocycles. The number of hydrogen-bond donors (Lipinski definition) is 0. The zero-order chi connectivity index (χ0) is 22.2. The molecule has 0 aromatic heterocycles. The van der Waals surface area contributed by atoms with Gasteiger partial charge in [0.05, 0.1) is 0 Å². The van der Waals surface area contributed by atoms with Gasteiger partial charge >= 0.3 is 29.6 Å². The molecule has 33 heavy (non-hydrogen) atoms.